The molecule has 0 spiro atoms. The first kappa shape index (κ1) is 10.6. The highest BCUT2D eigenvalue weighted by atomic mass is 16.4. The third kappa shape index (κ3) is 1.41. The molecule has 0 aromatic carbocycles. The summed E-state index contributed by atoms with van der Waals surface area (Å²) in [4.78, 5) is 18.0. The number of carboxylic acid groups (broad SMARTS) is 1. The highest BCUT2D eigenvalue weighted by Gasteiger charge is 2.17. The molecule has 0 unspecified atom stereocenters. The Hall–Kier alpha value is -2.57. The summed E-state index contributed by atoms with van der Waals surface area (Å²) >= 11 is 0. The normalized spacial score (nSPS) is 11.2. The smallest absolute Gasteiger partial charge is 0.356 e. The van der Waals surface area contributed by atoms with Crippen LogP contribution in [0, 0.1) is 13.8 Å². The van der Waals surface area contributed by atoms with E-state index in [0.29, 0.717) is 11.5 Å². The van der Waals surface area contributed by atoms with Crippen molar-refractivity contribution in [1.29, 1.82) is 0 Å². The van der Waals surface area contributed by atoms with Crippen molar-refractivity contribution in [1.82, 2.24) is 24.6 Å². The maximum absolute atomic E-state index is 10.9. The number of carboxylic acids is 1. The van der Waals surface area contributed by atoms with Crippen LogP contribution in [0.5, 0.6) is 0 Å². The van der Waals surface area contributed by atoms with Gasteiger partial charge in [-0.1, -0.05) is 0 Å². The number of hydrogen-bond acceptors (Lipinski definition) is 3. The zero-order valence-electron chi connectivity index (χ0n) is 9.85. The molecule has 3 heterocycles. The zero-order valence-corrected chi connectivity index (χ0v) is 9.85. The van der Waals surface area contributed by atoms with Crippen molar-refractivity contribution in [2.75, 3.05) is 0 Å². The molecule has 3 rings (SSSR count). The van der Waals surface area contributed by atoms with E-state index in [1.807, 2.05) is 13.0 Å². The van der Waals surface area contributed by atoms with Crippen molar-refractivity contribution in [3.05, 3.63) is 29.3 Å². The van der Waals surface area contributed by atoms with Crippen LogP contribution >= 0.6 is 0 Å². The Kier molecular flexibility index (Phi) is 2.03. The lowest BCUT2D eigenvalue weighted by atomic mass is 10.3. The number of rotatable bonds is 2. The number of carbonyl (C=O) groups is 1. The van der Waals surface area contributed by atoms with Crippen LogP contribution in [0.1, 0.15) is 21.9 Å². The van der Waals surface area contributed by atoms with E-state index >= 15 is 0 Å². The fraction of sp³-hybridized carbons (Fsp3) is 0.182. The summed E-state index contributed by atoms with van der Waals surface area (Å²) in [5.41, 5.74) is 3.18. The summed E-state index contributed by atoms with van der Waals surface area (Å²) < 4.78 is 1.71. The van der Waals surface area contributed by atoms with Crippen molar-refractivity contribution < 1.29 is 9.90 Å². The summed E-state index contributed by atoms with van der Waals surface area (Å²) in [5.74, 6) is -0.526. The number of imidazole rings is 2. The van der Waals surface area contributed by atoms with Gasteiger partial charge in [0.15, 0.2) is 5.69 Å². The maximum atomic E-state index is 10.9. The van der Waals surface area contributed by atoms with Gasteiger partial charge in [-0.15, -0.1) is 0 Å². The molecule has 92 valence electrons. The lowest BCUT2D eigenvalue weighted by Gasteiger charge is -1.91. The molecular weight excluding hydrogens is 234 g/mol. The van der Waals surface area contributed by atoms with E-state index in [1.165, 1.54) is 0 Å². The minimum atomic E-state index is -1.03. The topological polar surface area (TPSA) is 99.1 Å². The standard InChI is InChI=1S/C11H11N5O2/c1-5-3-7(15-14-5)8-4-16-6(2)9(10(17)18)13-11(16)12-8/h3-4H,1-2H3,(H,12,13)(H,14,15)(H,17,18). The Labute approximate surface area is 101 Å². The van der Waals surface area contributed by atoms with Gasteiger partial charge in [0.2, 0.25) is 5.78 Å². The first-order valence-corrected chi connectivity index (χ1v) is 5.39. The molecule has 0 saturated carbocycles. The number of aromatic nitrogens is 5. The molecule has 0 bridgehead atoms. The van der Waals surface area contributed by atoms with Gasteiger partial charge >= 0.3 is 5.97 Å². The largest absolute Gasteiger partial charge is 0.476 e. The van der Waals surface area contributed by atoms with E-state index in [2.05, 4.69) is 20.2 Å². The fourth-order valence-corrected chi connectivity index (χ4v) is 1.93. The van der Waals surface area contributed by atoms with Gasteiger partial charge in [-0.25, -0.2) is 9.78 Å². The predicted octanol–water partition coefficient (Wildman–Crippen LogP) is 1.37. The second-order valence-electron chi connectivity index (χ2n) is 4.15. The first-order valence-electron chi connectivity index (χ1n) is 5.39. The molecule has 3 aromatic heterocycles. The molecule has 0 radical (unpaired) electrons. The fourth-order valence-electron chi connectivity index (χ4n) is 1.93. The number of aryl methyl sites for hydroxylation is 2. The van der Waals surface area contributed by atoms with E-state index in [-0.39, 0.29) is 5.69 Å². The minimum Gasteiger partial charge on any atom is -0.476 e. The minimum absolute atomic E-state index is 0.0611. The first-order chi connectivity index (χ1) is 8.56. The average Bonchev–Trinajstić information content (AvgIpc) is 2.95. The summed E-state index contributed by atoms with van der Waals surface area (Å²) in [6, 6.07) is 1.90. The molecule has 0 fully saturated rings. The monoisotopic (exact) mass is 245 g/mol. The molecule has 0 aliphatic rings. The second kappa shape index (κ2) is 3.46. The number of fused-ring (bicyclic) bond motifs is 1. The van der Waals surface area contributed by atoms with Crippen molar-refractivity contribution in [3.8, 4) is 11.4 Å². The van der Waals surface area contributed by atoms with Crippen LogP contribution in [-0.2, 0) is 0 Å². The van der Waals surface area contributed by atoms with Crippen LogP contribution in [0.4, 0.5) is 0 Å². The lowest BCUT2D eigenvalue weighted by molar-refractivity contribution is 0.0690. The Morgan fingerprint density at radius 1 is 1.44 bits per heavy atom. The molecule has 0 aliphatic heterocycles. The second-order valence-corrected chi connectivity index (χ2v) is 4.15. The molecular formula is C11H11N5O2. The van der Waals surface area contributed by atoms with E-state index in [4.69, 9.17) is 5.11 Å². The summed E-state index contributed by atoms with van der Waals surface area (Å²) in [5, 5.41) is 16.0. The Morgan fingerprint density at radius 3 is 2.78 bits per heavy atom. The molecule has 7 nitrogen and oxygen atoms in total. The van der Waals surface area contributed by atoms with E-state index < -0.39 is 5.97 Å². The van der Waals surface area contributed by atoms with Gasteiger partial charge in [-0.3, -0.25) is 9.50 Å². The molecule has 0 saturated heterocycles. The SMILES string of the molecule is Cc1cc(-c2cn3c(C)c(C(=O)O)nc3[nH]2)n[nH]1. The van der Waals surface area contributed by atoms with Crippen molar-refractivity contribution >= 4 is 11.7 Å². The van der Waals surface area contributed by atoms with Crippen molar-refractivity contribution in [2.24, 2.45) is 0 Å². The Morgan fingerprint density at radius 2 is 2.22 bits per heavy atom. The van der Waals surface area contributed by atoms with Gasteiger partial charge in [0, 0.05) is 11.9 Å². The van der Waals surface area contributed by atoms with Crippen molar-refractivity contribution in [3.63, 3.8) is 0 Å². The van der Waals surface area contributed by atoms with E-state index in [0.717, 1.165) is 17.1 Å². The Bertz CT molecular complexity index is 749. The molecule has 0 atom stereocenters. The van der Waals surface area contributed by atoms with E-state index in [9.17, 15) is 4.79 Å². The predicted molar refractivity (Wildman–Crippen MR) is 63.6 cm³/mol. The third-order valence-corrected chi connectivity index (χ3v) is 2.84. The van der Waals surface area contributed by atoms with Crippen LogP contribution in [0.25, 0.3) is 17.2 Å². The molecule has 18 heavy (non-hydrogen) atoms. The lowest BCUT2D eigenvalue weighted by Crippen LogP contribution is -1.99. The van der Waals surface area contributed by atoms with Gasteiger partial charge in [-0.05, 0) is 19.9 Å². The quantitative estimate of drug-likeness (QED) is 0.634. The number of aromatic carboxylic acids is 1. The molecule has 3 N–H and O–H groups in total. The van der Waals surface area contributed by atoms with Gasteiger partial charge in [0.1, 0.15) is 5.69 Å². The molecule has 0 amide bonds. The van der Waals surface area contributed by atoms with Crippen LogP contribution in [0.3, 0.4) is 0 Å². The van der Waals surface area contributed by atoms with Gasteiger partial charge in [0.05, 0.1) is 11.4 Å². The van der Waals surface area contributed by atoms with Gasteiger partial charge in [0.25, 0.3) is 0 Å². The maximum Gasteiger partial charge on any atom is 0.356 e. The summed E-state index contributed by atoms with van der Waals surface area (Å²) in [6.45, 7) is 3.63. The Balaban J connectivity index is 2.16. The molecule has 3 aromatic rings. The number of nitrogens with zero attached hydrogens (tertiary/aromatic N) is 3. The molecule has 0 aliphatic carbocycles. The third-order valence-electron chi connectivity index (χ3n) is 2.84. The summed E-state index contributed by atoms with van der Waals surface area (Å²) in [7, 11) is 0. The summed E-state index contributed by atoms with van der Waals surface area (Å²) in [6.07, 6.45) is 1.79. The zero-order chi connectivity index (χ0) is 12.9. The number of H-pyrrole nitrogens is 2. The molecule has 7 heteroatoms. The average molecular weight is 245 g/mol. The number of hydrogen-bond donors (Lipinski definition) is 3. The van der Waals surface area contributed by atoms with Gasteiger partial charge < -0.3 is 10.1 Å². The van der Waals surface area contributed by atoms with Crippen LogP contribution < -0.4 is 0 Å². The van der Waals surface area contributed by atoms with Gasteiger partial charge in [-0.2, -0.15) is 5.10 Å². The van der Waals surface area contributed by atoms with Crippen LogP contribution in [-0.4, -0.2) is 35.6 Å². The van der Waals surface area contributed by atoms with E-state index in [1.54, 1.807) is 17.5 Å². The highest BCUT2D eigenvalue weighted by Crippen LogP contribution is 2.19. The van der Waals surface area contributed by atoms with Crippen LogP contribution in [0.15, 0.2) is 12.3 Å². The van der Waals surface area contributed by atoms with Crippen molar-refractivity contribution in [2.45, 2.75) is 13.8 Å². The van der Waals surface area contributed by atoms with Crippen LogP contribution in [0.2, 0.25) is 0 Å². The number of aromatic amines is 2. The number of nitrogens with one attached hydrogen (secondary N) is 2. The highest BCUT2D eigenvalue weighted by molar-refractivity contribution is 5.87.